The summed E-state index contributed by atoms with van der Waals surface area (Å²) < 4.78 is 0. The number of nitrogens with one attached hydrogen (secondary N) is 1. The molecule has 5 nitrogen and oxygen atoms in total. The average Bonchev–Trinajstić information content (AvgIpc) is 2.31. The van der Waals surface area contributed by atoms with Crippen molar-refractivity contribution in [2.45, 2.75) is 39.7 Å². The van der Waals surface area contributed by atoms with E-state index in [0.717, 1.165) is 5.56 Å². The second-order valence-electron chi connectivity index (χ2n) is 5.95. The minimum atomic E-state index is -1.02. The number of anilines is 1. The second kappa shape index (κ2) is 6.41. The van der Waals surface area contributed by atoms with Gasteiger partial charge in [-0.25, -0.2) is 4.79 Å². The lowest BCUT2D eigenvalue weighted by atomic mass is 9.86. The van der Waals surface area contributed by atoms with Crippen LogP contribution in [0.1, 0.15) is 32.8 Å². The number of hydrogen-bond donors (Lipinski definition) is 3. The normalized spacial score (nSPS) is 12.8. The van der Waals surface area contributed by atoms with Gasteiger partial charge in [0, 0.05) is 12.1 Å². The number of nitrogens with two attached hydrogens (primary N) is 1. The van der Waals surface area contributed by atoms with Crippen molar-refractivity contribution < 1.29 is 14.7 Å². The van der Waals surface area contributed by atoms with Gasteiger partial charge in [0.1, 0.15) is 6.04 Å². The molecular weight excluding hydrogens is 256 g/mol. The molecule has 0 unspecified atom stereocenters. The molecular formula is C15H22N2O3. The Hall–Kier alpha value is -2.04. The largest absolute Gasteiger partial charge is 0.480 e. The number of carbonyl (C=O) groups is 2. The van der Waals surface area contributed by atoms with Crippen LogP contribution in [0.5, 0.6) is 0 Å². The predicted octanol–water partition coefficient (Wildman–Crippen LogP) is 1.82. The Bertz CT molecular complexity index is 492. The van der Waals surface area contributed by atoms with E-state index in [4.69, 9.17) is 10.8 Å². The SMILES string of the molecule is CC(C)(C)[C@@H](NC(=O)CCc1cccc(N)c1)C(=O)O. The van der Waals surface area contributed by atoms with Crippen molar-refractivity contribution in [1.29, 1.82) is 0 Å². The van der Waals surface area contributed by atoms with Gasteiger partial charge in [-0.2, -0.15) is 0 Å². The van der Waals surface area contributed by atoms with Gasteiger partial charge in [-0.3, -0.25) is 4.79 Å². The summed E-state index contributed by atoms with van der Waals surface area (Å²) in [6, 6.07) is 6.42. The fourth-order valence-electron chi connectivity index (χ4n) is 1.89. The number of carboxylic acid groups (broad SMARTS) is 1. The van der Waals surface area contributed by atoms with E-state index in [0.29, 0.717) is 12.1 Å². The van der Waals surface area contributed by atoms with Crippen LogP contribution in [-0.4, -0.2) is 23.0 Å². The Kier molecular flexibility index (Phi) is 5.13. The zero-order valence-electron chi connectivity index (χ0n) is 12.1. The number of rotatable bonds is 5. The molecule has 4 N–H and O–H groups in total. The van der Waals surface area contributed by atoms with Crippen LogP contribution in [0.2, 0.25) is 0 Å². The highest BCUT2D eigenvalue weighted by atomic mass is 16.4. The van der Waals surface area contributed by atoms with Gasteiger partial charge in [0.05, 0.1) is 0 Å². The first-order valence-electron chi connectivity index (χ1n) is 6.57. The molecule has 20 heavy (non-hydrogen) atoms. The number of carboxylic acids is 1. The van der Waals surface area contributed by atoms with E-state index in [9.17, 15) is 9.59 Å². The number of carbonyl (C=O) groups excluding carboxylic acids is 1. The lowest BCUT2D eigenvalue weighted by Crippen LogP contribution is -2.49. The van der Waals surface area contributed by atoms with Crippen molar-refractivity contribution in [3.8, 4) is 0 Å². The van der Waals surface area contributed by atoms with Crippen LogP contribution in [0.3, 0.4) is 0 Å². The van der Waals surface area contributed by atoms with Gasteiger partial charge in [-0.05, 0) is 29.5 Å². The van der Waals surface area contributed by atoms with Gasteiger partial charge in [0.25, 0.3) is 0 Å². The fraction of sp³-hybridized carbons (Fsp3) is 0.467. The lowest BCUT2D eigenvalue weighted by Gasteiger charge is -2.27. The maximum atomic E-state index is 11.9. The van der Waals surface area contributed by atoms with Crippen molar-refractivity contribution in [2.75, 3.05) is 5.73 Å². The van der Waals surface area contributed by atoms with Crippen LogP contribution in [0.4, 0.5) is 5.69 Å². The predicted molar refractivity (Wildman–Crippen MR) is 78.2 cm³/mol. The highest BCUT2D eigenvalue weighted by Crippen LogP contribution is 2.19. The number of aryl methyl sites for hydroxylation is 1. The smallest absolute Gasteiger partial charge is 0.326 e. The summed E-state index contributed by atoms with van der Waals surface area (Å²) in [5, 5.41) is 11.7. The maximum absolute atomic E-state index is 11.9. The molecule has 1 aromatic carbocycles. The molecule has 1 aromatic rings. The Morgan fingerprint density at radius 3 is 2.50 bits per heavy atom. The monoisotopic (exact) mass is 278 g/mol. The van der Waals surface area contributed by atoms with Crippen molar-refractivity contribution in [3.63, 3.8) is 0 Å². The molecule has 1 amide bonds. The molecule has 1 atom stereocenters. The zero-order valence-corrected chi connectivity index (χ0v) is 12.1. The molecule has 110 valence electrons. The van der Waals surface area contributed by atoms with Crippen molar-refractivity contribution in [2.24, 2.45) is 5.41 Å². The first-order chi connectivity index (χ1) is 9.20. The first kappa shape index (κ1) is 16.0. The number of nitrogen functional groups attached to an aromatic ring is 1. The highest BCUT2D eigenvalue weighted by molar-refractivity contribution is 5.84. The average molecular weight is 278 g/mol. The Balaban J connectivity index is 2.57. The van der Waals surface area contributed by atoms with E-state index < -0.39 is 17.4 Å². The van der Waals surface area contributed by atoms with Gasteiger partial charge in [0.15, 0.2) is 0 Å². The number of hydrogen-bond acceptors (Lipinski definition) is 3. The molecule has 0 aliphatic rings. The third kappa shape index (κ3) is 4.91. The van der Waals surface area contributed by atoms with Crippen LogP contribution in [0.25, 0.3) is 0 Å². The second-order valence-corrected chi connectivity index (χ2v) is 5.95. The fourth-order valence-corrected chi connectivity index (χ4v) is 1.89. The molecule has 1 rings (SSSR count). The van der Waals surface area contributed by atoms with Gasteiger partial charge in [-0.1, -0.05) is 32.9 Å². The standard InChI is InChI=1S/C15H22N2O3/c1-15(2,3)13(14(19)20)17-12(18)8-7-10-5-4-6-11(16)9-10/h4-6,9,13H,7-8,16H2,1-3H3,(H,17,18)(H,19,20)/t13-/m0/s1. The molecule has 0 saturated carbocycles. The molecule has 0 spiro atoms. The highest BCUT2D eigenvalue weighted by Gasteiger charge is 2.32. The molecule has 0 radical (unpaired) electrons. The van der Waals surface area contributed by atoms with E-state index in [1.54, 1.807) is 26.8 Å². The summed E-state index contributed by atoms with van der Waals surface area (Å²) in [5.41, 5.74) is 6.75. The molecule has 0 fully saturated rings. The summed E-state index contributed by atoms with van der Waals surface area (Å²) in [4.78, 5) is 23.0. The Labute approximate surface area is 119 Å². The van der Waals surface area contributed by atoms with E-state index in [1.807, 2.05) is 18.2 Å². The quantitative estimate of drug-likeness (QED) is 0.716. The van der Waals surface area contributed by atoms with Crippen LogP contribution >= 0.6 is 0 Å². The topological polar surface area (TPSA) is 92.4 Å². The van der Waals surface area contributed by atoms with Crippen LogP contribution in [0.15, 0.2) is 24.3 Å². The summed E-state index contributed by atoms with van der Waals surface area (Å²) in [7, 11) is 0. The summed E-state index contributed by atoms with van der Waals surface area (Å²) in [5.74, 6) is -1.29. The molecule has 0 saturated heterocycles. The van der Waals surface area contributed by atoms with E-state index in [1.165, 1.54) is 0 Å². The molecule has 0 aliphatic heterocycles. The Morgan fingerprint density at radius 1 is 1.35 bits per heavy atom. The van der Waals surface area contributed by atoms with E-state index in [-0.39, 0.29) is 12.3 Å². The van der Waals surface area contributed by atoms with E-state index >= 15 is 0 Å². The zero-order chi connectivity index (χ0) is 15.3. The van der Waals surface area contributed by atoms with Crippen LogP contribution in [0, 0.1) is 5.41 Å². The van der Waals surface area contributed by atoms with Crippen molar-refractivity contribution in [3.05, 3.63) is 29.8 Å². The van der Waals surface area contributed by atoms with Crippen molar-refractivity contribution in [1.82, 2.24) is 5.32 Å². The third-order valence-electron chi connectivity index (χ3n) is 3.01. The minimum Gasteiger partial charge on any atom is -0.480 e. The minimum absolute atomic E-state index is 0.239. The molecule has 0 aliphatic carbocycles. The first-order valence-corrected chi connectivity index (χ1v) is 6.57. The summed E-state index contributed by atoms with van der Waals surface area (Å²) >= 11 is 0. The van der Waals surface area contributed by atoms with Crippen LogP contribution in [-0.2, 0) is 16.0 Å². The summed E-state index contributed by atoms with van der Waals surface area (Å²) in [6.07, 6.45) is 0.774. The van der Waals surface area contributed by atoms with Gasteiger partial charge < -0.3 is 16.2 Å². The number of aliphatic carboxylic acids is 1. The number of amides is 1. The molecule has 0 aromatic heterocycles. The van der Waals surface area contributed by atoms with Crippen LogP contribution < -0.4 is 11.1 Å². The molecule has 0 bridgehead atoms. The van der Waals surface area contributed by atoms with E-state index in [2.05, 4.69) is 5.32 Å². The third-order valence-corrected chi connectivity index (χ3v) is 3.01. The van der Waals surface area contributed by atoms with Gasteiger partial charge >= 0.3 is 5.97 Å². The molecule has 5 heteroatoms. The molecule has 0 heterocycles. The van der Waals surface area contributed by atoms with Crippen molar-refractivity contribution >= 4 is 17.6 Å². The Morgan fingerprint density at radius 2 is 2.00 bits per heavy atom. The maximum Gasteiger partial charge on any atom is 0.326 e. The lowest BCUT2D eigenvalue weighted by molar-refractivity contribution is -0.144. The summed E-state index contributed by atoms with van der Waals surface area (Å²) in [6.45, 7) is 5.35. The number of benzene rings is 1. The van der Waals surface area contributed by atoms with Gasteiger partial charge in [-0.15, -0.1) is 0 Å². The van der Waals surface area contributed by atoms with Gasteiger partial charge in [0.2, 0.25) is 5.91 Å².